The van der Waals surface area contributed by atoms with Crippen LogP contribution in [-0.4, -0.2) is 27.0 Å². The Balaban J connectivity index is 1.62. The van der Waals surface area contributed by atoms with E-state index < -0.39 is 0 Å². The summed E-state index contributed by atoms with van der Waals surface area (Å²) in [5, 5.41) is 3.75. The van der Waals surface area contributed by atoms with Gasteiger partial charge in [0.2, 0.25) is 5.91 Å². The number of nitrogens with one attached hydrogen (secondary N) is 1. The first kappa shape index (κ1) is 22.5. The van der Waals surface area contributed by atoms with Crippen LogP contribution in [-0.2, 0) is 4.79 Å². The second-order valence-electron chi connectivity index (χ2n) is 7.58. The SMILES string of the molecule is CCC(=O)Nc1ccc(C(=O)CSc2nc3ccccc3c(=O)n2-c2ccc(C)cc2)cc1. The molecule has 1 heterocycles. The van der Waals surface area contributed by atoms with Crippen LogP contribution in [0.4, 0.5) is 5.69 Å². The first-order valence-electron chi connectivity index (χ1n) is 10.6. The molecular weight excluding hydrogens is 434 g/mol. The van der Waals surface area contributed by atoms with E-state index in [9.17, 15) is 14.4 Å². The van der Waals surface area contributed by atoms with Crippen molar-refractivity contribution in [3.05, 3.63) is 94.3 Å². The van der Waals surface area contributed by atoms with E-state index >= 15 is 0 Å². The van der Waals surface area contributed by atoms with Gasteiger partial charge in [0.15, 0.2) is 10.9 Å². The van der Waals surface area contributed by atoms with Gasteiger partial charge in [0, 0.05) is 17.7 Å². The van der Waals surface area contributed by atoms with Gasteiger partial charge >= 0.3 is 0 Å². The maximum atomic E-state index is 13.3. The molecule has 1 N–H and O–H groups in total. The zero-order chi connectivity index (χ0) is 23.4. The summed E-state index contributed by atoms with van der Waals surface area (Å²) in [7, 11) is 0. The van der Waals surface area contributed by atoms with E-state index in [4.69, 9.17) is 0 Å². The molecule has 0 aliphatic carbocycles. The molecule has 1 aromatic heterocycles. The molecule has 0 radical (unpaired) electrons. The molecule has 0 atom stereocenters. The van der Waals surface area contributed by atoms with Crippen molar-refractivity contribution in [3.8, 4) is 5.69 Å². The maximum absolute atomic E-state index is 13.3. The molecule has 1 amide bonds. The van der Waals surface area contributed by atoms with Crippen LogP contribution in [0.25, 0.3) is 16.6 Å². The normalized spacial score (nSPS) is 10.8. The van der Waals surface area contributed by atoms with Gasteiger partial charge in [-0.25, -0.2) is 4.98 Å². The third-order valence-corrected chi connectivity index (χ3v) is 6.12. The summed E-state index contributed by atoms with van der Waals surface area (Å²) in [5.41, 5.74) is 3.39. The fourth-order valence-corrected chi connectivity index (χ4v) is 4.24. The second kappa shape index (κ2) is 9.83. The molecule has 3 aromatic carbocycles. The third-order valence-electron chi connectivity index (χ3n) is 5.18. The zero-order valence-electron chi connectivity index (χ0n) is 18.4. The summed E-state index contributed by atoms with van der Waals surface area (Å²) < 4.78 is 1.56. The number of anilines is 1. The molecule has 4 aromatic rings. The van der Waals surface area contributed by atoms with E-state index in [0.29, 0.717) is 39.4 Å². The highest BCUT2D eigenvalue weighted by molar-refractivity contribution is 7.99. The Morgan fingerprint density at radius 2 is 1.67 bits per heavy atom. The van der Waals surface area contributed by atoms with Gasteiger partial charge in [-0.05, 0) is 55.5 Å². The molecule has 0 saturated carbocycles. The number of nitrogens with zero attached hydrogens (tertiary/aromatic N) is 2. The standard InChI is InChI=1S/C26H23N3O3S/c1-3-24(31)27-19-12-10-18(11-13-19)23(30)16-33-26-28-22-7-5-4-6-21(22)25(32)29(26)20-14-8-17(2)9-15-20/h4-15H,3,16H2,1-2H3,(H,27,31). The van der Waals surface area contributed by atoms with Crippen molar-refractivity contribution < 1.29 is 9.59 Å². The minimum Gasteiger partial charge on any atom is -0.326 e. The van der Waals surface area contributed by atoms with E-state index in [0.717, 1.165) is 5.56 Å². The molecule has 0 fully saturated rings. The predicted octanol–water partition coefficient (Wildman–Crippen LogP) is 5.02. The van der Waals surface area contributed by atoms with Crippen molar-refractivity contribution in [2.45, 2.75) is 25.4 Å². The summed E-state index contributed by atoms with van der Waals surface area (Å²) in [5.74, 6) is -0.0514. The van der Waals surface area contributed by atoms with Gasteiger partial charge in [-0.2, -0.15) is 0 Å². The van der Waals surface area contributed by atoms with E-state index in [2.05, 4.69) is 10.3 Å². The van der Waals surface area contributed by atoms with Crippen molar-refractivity contribution in [2.75, 3.05) is 11.1 Å². The van der Waals surface area contributed by atoms with Crippen LogP contribution in [0.2, 0.25) is 0 Å². The molecule has 0 aliphatic rings. The summed E-state index contributed by atoms with van der Waals surface area (Å²) in [6, 6.07) is 21.6. The lowest BCUT2D eigenvalue weighted by molar-refractivity contribution is -0.115. The van der Waals surface area contributed by atoms with Crippen LogP contribution in [0.15, 0.2) is 82.7 Å². The largest absolute Gasteiger partial charge is 0.326 e. The first-order valence-corrected chi connectivity index (χ1v) is 11.6. The van der Waals surface area contributed by atoms with Gasteiger partial charge in [-0.15, -0.1) is 0 Å². The Bertz CT molecular complexity index is 1380. The highest BCUT2D eigenvalue weighted by Crippen LogP contribution is 2.23. The Morgan fingerprint density at radius 3 is 2.36 bits per heavy atom. The minimum atomic E-state index is -0.171. The first-order chi connectivity index (χ1) is 16.0. The Hall–Kier alpha value is -3.71. The van der Waals surface area contributed by atoms with Gasteiger partial charge in [-0.1, -0.05) is 48.5 Å². The number of hydrogen-bond donors (Lipinski definition) is 1. The highest BCUT2D eigenvalue weighted by Gasteiger charge is 2.15. The molecule has 6 nitrogen and oxygen atoms in total. The van der Waals surface area contributed by atoms with Crippen molar-refractivity contribution in [2.24, 2.45) is 0 Å². The number of rotatable bonds is 7. The Morgan fingerprint density at radius 1 is 0.970 bits per heavy atom. The number of carbonyl (C=O) groups excluding carboxylic acids is 2. The monoisotopic (exact) mass is 457 g/mol. The third kappa shape index (κ3) is 5.04. The molecule has 0 aliphatic heterocycles. The van der Waals surface area contributed by atoms with E-state index in [1.165, 1.54) is 11.8 Å². The molecule has 166 valence electrons. The lowest BCUT2D eigenvalue weighted by Gasteiger charge is -2.13. The fraction of sp³-hybridized carbons (Fsp3) is 0.154. The number of hydrogen-bond acceptors (Lipinski definition) is 5. The second-order valence-corrected chi connectivity index (χ2v) is 8.52. The Labute approximate surface area is 195 Å². The molecule has 33 heavy (non-hydrogen) atoms. The number of ketones is 1. The molecule has 0 bridgehead atoms. The van der Waals surface area contributed by atoms with Gasteiger partial charge in [-0.3, -0.25) is 19.0 Å². The predicted molar refractivity (Wildman–Crippen MR) is 132 cm³/mol. The van der Waals surface area contributed by atoms with Crippen LogP contribution in [0, 0.1) is 6.92 Å². The van der Waals surface area contributed by atoms with Gasteiger partial charge in [0.1, 0.15) is 0 Å². The van der Waals surface area contributed by atoms with E-state index in [1.54, 1.807) is 47.9 Å². The average Bonchev–Trinajstić information content (AvgIpc) is 2.84. The van der Waals surface area contributed by atoms with Crippen molar-refractivity contribution in [1.82, 2.24) is 9.55 Å². The molecule has 0 spiro atoms. The van der Waals surface area contributed by atoms with Crippen LogP contribution < -0.4 is 10.9 Å². The molecule has 7 heteroatoms. The Kier molecular flexibility index (Phi) is 6.70. The van der Waals surface area contributed by atoms with Gasteiger partial charge in [0.25, 0.3) is 5.56 Å². The van der Waals surface area contributed by atoms with Crippen LogP contribution in [0.5, 0.6) is 0 Å². The maximum Gasteiger partial charge on any atom is 0.266 e. The summed E-state index contributed by atoms with van der Waals surface area (Å²) in [6.07, 6.45) is 0.388. The quantitative estimate of drug-likeness (QED) is 0.239. The number of aromatic nitrogens is 2. The van der Waals surface area contributed by atoms with Crippen molar-refractivity contribution >= 4 is 40.0 Å². The van der Waals surface area contributed by atoms with Gasteiger partial charge < -0.3 is 5.32 Å². The number of amides is 1. The number of benzene rings is 3. The summed E-state index contributed by atoms with van der Waals surface area (Å²) in [4.78, 5) is 42.3. The van der Waals surface area contributed by atoms with Crippen molar-refractivity contribution in [3.63, 3.8) is 0 Å². The topological polar surface area (TPSA) is 81.1 Å². The zero-order valence-corrected chi connectivity index (χ0v) is 19.2. The average molecular weight is 458 g/mol. The summed E-state index contributed by atoms with van der Waals surface area (Å²) >= 11 is 1.23. The highest BCUT2D eigenvalue weighted by atomic mass is 32.2. The number of thioether (sulfide) groups is 1. The molecule has 4 rings (SSSR count). The number of fused-ring (bicyclic) bond motifs is 1. The number of aryl methyl sites for hydroxylation is 1. The number of carbonyl (C=O) groups is 2. The van der Waals surface area contributed by atoms with Crippen LogP contribution >= 0.6 is 11.8 Å². The molecule has 0 saturated heterocycles. The minimum absolute atomic E-state index is 0.0823. The molecule has 0 unspecified atom stereocenters. The van der Waals surface area contributed by atoms with Crippen LogP contribution in [0.3, 0.4) is 0 Å². The fourth-order valence-electron chi connectivity index (χ4n) is 3.33. The van der Waals surface area contributed by atoms with E-state index in [-0.39, 0.29) is 23.0 Å². The lowest BCUT2D eigenvalue weighted by Crippen LogP contribution is -2.22. The van der Waals surface area contributed by atoms with Gasteiger partial charge in [0.05, 0.1) is 22.3 Å². The van der Waals surface area contributed by atoms with E-state index in [1.807, 2.05) is 43.3 Å². The smallest absolute Gasteiger partial charge is 0.266 e. The number of para-hydroxylation sites is 1. The lowest BCUT2D eigenvalue weighted by atomic mass is 10.1. The van der Waals surface area contributed by atoms with Crippen LogP contribution in [0.1, 0.15) is 29.3 Å². The molecular formula is C26H23N3O3S. The van der Waals surface area contributed by atoms with Crippen molar-refractivity contribution in [1.29, 1.82) is 0 Å². The summed E-state index contributed by atoms with van der Waals surface area (Å²) in [6.45, 7) is 3.76. The number of Topliss-reactive ketones (excluding diaryl/α,β-unsaturated/α-hetero) is 1.